The van der Waals surface area contributed by atoms with Gasteiger partial charge in [0.25, 0.3) is 0 Å². The minimum absolute atomic E-state index is 0.253. The van der Waals surface area contributed by atoms with Gasteiger partial charge in [-0.15, -0.1) is 0 Å². The Morgan fingerprint density at radius 2 is 1.18 bits per heavy atom. The molecule has 2 heteroatoms. The normalized spacial score (nSPS) is 16.5. The molecule has 1 aromatic heterocycles. The average Bonchev–Trinajstić information content (AvgIpc) is 3.49. The van der Waals surface area contributed by atoms with E-state index in [2.05, 4.69) is 192 Å². The van der Waals surface area contributed by atoms with E-state index >= 15 is 0 Å². The molecule has 7 aromatic carbocycles. The van der Waals surface area contributed by atoms with Gasteiger partial charge in [-0.2, -0.15) is 0 Å². The van der Waals surface area contributed by atoms with Crippen LogP contribution in [0.3, 0.4) is 0 Å². The van der Waals surface area contributed by atoms with Crippen LogP contribution >= 0.6 is 0 Å². The van der Waals surface area contributed by atoms with Gasteiger partial charge in [0.1, 0.15) is 0 Å². The molecule has 2 nitrogen and oxygen atoms in total. The zero-order valence-electron chi connectivity index (χ0n) is 27.3. The van der Waals surface area contributed by atoms with Crippen molar-refractivity contribution in [2.75, 3.05) is 4.90 Å². The average molecular weight is 627 g/mol. The number of allylic oxidation sites excluding steroid dienone is 3. The molecule has 0 spiro atoms. The van der Waals surface area contributed by atoms with E-state index in [-0.39, 0.29) is 5.92 Å². The van der Waals surface area contributed by atoms with E-state index in [1.807, 2.05) is 0 Å². The molecular weight excluding hydrogens is 593 g/mol. The van der Waals surface area contributed by atoms with Gasteiger partial charge in [0, 0.05) is 33.5 Å². The molecule has 0 radical (unpaired) electrons. The van der Waals surface area contributed by atoms with Crippen LogP contribution in [0.1, 0.15) is 24.0 Å². The first-order valence-electron chi connectivity index (χ1n) is 17.2. The monoisotopic (exact) mass is 626 g/mol. The van der Waals surface area contributed by atoms with E-state index in [4.69, 9.17) is 0 Å². The van der Waals surface area contributed by atoms with Crippen LogP contribution in [-0.2, 0) is 0 Å². The fraction of sp³-hybridized carbons (Fsp3) is 0.0638. The summed E-state index contributed by atoms with van der Waals surface area (Å²) in [5.41, 5.74) is 13.9. The Kier molecular flexibility index (Phi) is 6.25. The molecule has 10 rings (SSSR count). The second kappa shape index (κ2) is 11.0. The maximum absolute atomic E-state index is 2.49. The van der Waals surface area contributed by atoms with E-state index < -0.39 is 0 Å². The number of hydrogen-bond acceptors (Lipinski definition) is 1. The fourth-order valence-electron chi connectivity index (χ4n) is 8.54. The molecule has 0 bridgehead atoms. The maximum Gasteiger partial charge on any atom is 0.0562 e. The van der Waals surface area contributed by atoms with Crippen LogP contribution in [0.5, 0.6) is 0 Å². The Balaban J connectivity index is 1.28. The summed E-state index contributed by atoms with van der Waals surface area (Å²) in [4.78, 5) is 2.49. The highest BCUT2D eigenvalue weighted by atomic mass is 15.2. The smallest absolute Gasteiger partial charge is 0.0562 e. The van der Waals surface area contributed by atoms with Crippen molar-refractivity contribution >= 4 is 49.5 Å². The van der Waals surface area contributed by atoms with Crippen LogP contribution in [0.2, 0.25) is 0 Å². The Morgan fingerprint density at radius 1 is 0.510 bits per heavy atom. The Hall–Kier alpha value is -6.12. The van der Waals surface area contributed by atoms with Crippen LogP contribution in [-0.4, -0.2) is 4.57 Å². The van der Waals surface area contributed by atoms with Crippen LogP contribution < -0.4 is 4.90 Å². The zero-order valence-corrected chi connectivity index (χ0v) is 27.3. The molecule has 2 aliphatic rings. The lowest BCUT2D eigenvalue weighted by atomic mass is 9.68. The lowest BCUT2D eigenvalue weighted by molar-refractivity contribution is 0.642. The minimum atomic E-state index is 0.253. The summed E-state index contributed by atoms with van der Waals surface area (Å²) >= 11 is 0. The molecule has 1 heterocycles. The molecule has 0 fully saturated rings. The summed E-state index contributed by atoms with van der Waals surface area (Å²) in [5.74, 6) is 0.616. The summed E-state index contributed by atoms with van der Waals surface area (Å²) < 4.78 is 2.46. The van der Waals surface area contributed by atoms with Crippen molar-refractivity contribution in [1.29, 1.82) is 0 Å². The predicted molar refractivity (Wildman–Crippen MR) is 207 cm³/mol. The van der Waals surface area contributed by atoms with Crippen LogP contribution in [0.25, 0.3) is 55.0 Å². The van der Waals surface area contributed by atoms with Crippen molar-refractivity contribution in [3.8, 4) is 16.8 Å². The Bertz CT molecular complexity index is 2630. The fourth-order valence-corrected chi connectivity index (χ4v) is 8.54. The van der Waals surface area contributed by atoms with E-state index in [0.717, 1.165) is 11.4 Å². The standard InChI is InChI=1S/C47H34N2/c1-31-26-29-44(47-41-23-10-8-20-37(41)36-19-7-9-22-40(36)46(31)47)48(33-16-3-2-4-17-33)34-27-28-39-38-21-11-12-24-43(38)49(45(39)30-34)42-25-13-15-32-14-5-6-18-35(32)42/h2-31,46H,1H3. The topological polar surface area (TPSA) is 8.17 Å². The number of para-hydroxylation sites is 2. The molecule has 8 aromatic rings. The first-order chi connectivity index (χ1) is 24.3. The molecule has 2 atom stereocenters. The number of anilines is 2. The van der Waals surface area contributed by atoms with Gasteiger partial charge in [0.15, 0.2) is 0 Å². The first kappa shape index (κ1) is 27.9. The molecular formula is C47H34N2. The Morgan fingerprint density at radius 3 is 2.06 bits per heavy atom. The van der Waals surface area contributed by atoms with E-state index in [1.165, 1.54) is 71.8 Å². The highest BCUT2D eigenvalue weighted by Gasteiger charge is 2.37. The van der Waals surface area contributed by atoms with Crippen molar-refractivity contribution in [3.05, 3.63) is 193 Å². The molecule has 49 heavy (non-hydrogen) atoms. The molecule has 0 saturated carbocycles. The number of hydrogen-bond donors (Lipinski definition) is 0. The van der Waals surface area contributed by atoms with Crippen molar-refractivity contribution in [1.82, 2.24) is 4.57 Å². The quantitative estimate of drug-likeness (QED) is 0.189. The van der Waals surface area contributed by atoms with Gasteiger partial charge in [-0.3, -0.25) is 0 Å². The molecule has 0 saturated heterocycles. The van der Waals surface area contributed by atoms with Crippen LogP contribution in [0, 0.1) is 5.92 Å². The third kappa shape index (κ3) is 4.20. The number of nitrogens with zero attached hydrogens (tertiary/aromatic N) is 2. The number of fused-ring (bicyclic) bond motifs is 10. The molecule has 0 aliphatic heterocycles. The van der Waals surface area contributed by atoms with Gasteiger partial charge >= 0.3 is 0 Å². The van der Waals surface area contributed by atoms with Crippen molar-refractivity contribution < 1.29 is 0 Å². The SMILES string of the molecule is CC1C=CC(N(c2ccccc2)c2ccc3c4ccccc4n(-c4cccc5ccccc45)c3c2)=C2c3ccccc3-c3ccccc3C21. The second-order valence-corrected chi connectivity index (χ2v) is 13.4. The maximum atomic E-state index is 2.49. The number of benzene rings is 7. The summed E-state index contributed by atoms with van der Waals surface area (Å²) in [6.07, 6.45) is 4.79. The molecule has 0 amide bonds. The summed E-state index contributed by atoms with van der Waals surface area (Å²) in [5, 5.41) is 4.99. The lowest BCUT2D eigenvalue weighted by Gasteiger charge is -2.40. The third-order valence-electron chi connectivity index (χ3n) is 10.7. The molecule has 232 valence electrons. The molecule has 0 N–H and O–H groups in total. The van der Waals surface area contributed by atoms with Gasteiger partial charge in [0.2, 0.25) is 0 Å². The highest BCUT2D eigenvalue weighted by Crippen LogP contribution is 2.54. The van der Waals surface area contributed by atoms with E-state index in [9.17, 15) is 0 Å². The largest absolute Gasteiger partial charge is 0.310 e. The van der Waals surface area contributed by atoms with Crippen molar-refractivity contribution in [3.63, 3.8) is 0 Å². The van der Waals surface area contributed by atoms with Gasteiger partial charge in [-0.1, -0.05) is 140 Å². The second-order valence-electron chi connectivity index (χ2n) is 13.4. The highest BCUT2D eigenvalue weighted by molar-refractivity contribution is 6.11. The third-order valence-corrected chi connectivity index (χ3v) is 10.7. The lowest BCUT2D eigenvalue weighted by Crippen LogP contribution is -2.26. The zero-order chi connectivity index (χ0) is 32.5. The summed E-state index contributed by atoms with van der Waals surface area (Å²) in [6, 6.07) is 60.1. The van der Waals surface area contributed by atoms with Crippen LogP contribution in [0.4, 0.5) is 11.4 Å². The van der Waals surface area contributed by atoms with Gasteiger partial charge in [-0.05, 0) is 81.6 Å². The number of rotatable bonds is 4. The van der Waals surface area contributed by atoms with Gasteiger partial charge in [0.05, 0.1) is 22.4 Å². The number of aromatic nitrogens is 1. The van der Waals surface area contributed by atoms with Crippen LogP contribution in [0.15, 0.2) is 182 Å². The van der Waals surface area contributed by atoms with E-state index in [0.29, 0.717) is 5.92 Å². The summed E-state index contributed by atoms with van der Waals surface area (Å²) in [6.45, 7) is 2.37. The minimum Gasteiger partial charge on any atom is -0.310 e. The Labute approximate surface area is 286 Å². The van der Waals surface area contributed by atoms with E-state index in [1.54, 1.807) is 0 Å². The van der Waals surface area contributed by atoms with Crippen molar-refractivity contribution in [2.45, 2.75) is 12.8 Å². The predicted octanol–water partition coefficient (Wildman–Crippen LogP) is 12.5. The summed E-state index contributed by atoms with van der Waals surface area (Å²) in [7, 11) is 0. The molecule has 2 aliphatic carbocycles. The first-order valence-corrected chi connectivity index (χ1v) is 17.2. The van der Waals surface area contributed by atoms with Gasteiger partial charge in [-0.25, -0.2) is 0 Å². The van der Waals surface area contributed by atoms with Crippen molar-refractivity contribution in [2.24, 2.45) is 5.92 Å². The van der Waals surface area contributed by atoms with Gasteiger partial charge < -0.3 is 9.47 Å². The molecule has 2 unspecified atom stereocenters.